The fraction of sp³-hybridized carbons (Fsp3) is 0.200. The molecule has 0 radical (unpaired) electrons. The van der Waals surface area contributed by atoms with Crippen LogP contribution in [0, 0.1) is 0 Å². The molecule has 6 rings (SSSR count). The second kappa shape index (κ2) is 9.69. The van der Waals surface area contributed by atoms with E-state index in [2.05, 4.69) is 35.5 Å². The number of para-hydroxylation sites is 1. The van der Waals surface area contributed by atoms with E-state index in [0.717, 1.165) is 5.69 Å². The lowest BCUT2D eigenvalue weighted by molar-refractivity contribution is -0.126. The smallest absolute Gasteiger partial charge is 0.295 e. The van der Waals surface area contributed by atoms with Crippen LogP contribution in [0.3, 0.4) is 0 Å². The summed E-state index contributed by atoms with van der Waals surface area (Å²) in [5.74, 6) is -0.244. The number of piperazine rings is 1. The predicted molar refractivity (Wildman–Crippen MR) is 136 cm³/mol. The van der Waals surface area contributed by atoms with Gasteiger partial charge in [-0.25, -0.2) is 9.97 Å². The number of ether oxygens (including phenoxy) is 1. The van der Waals surface area contributed by atoms with Crippen LogP contribution in [0.15, 0.2) is 61.4 Å². The molecule has 1 amide bonds. The van der Waals surface area contributed by atoms with Crippen LogP contribution >= 0.6 is 0 Å². The number of hydrogen-bond acceptors (Lipinski definition) is 10. The molecule has 0 atom stereocenters. The summed E-state index contributed by atoms with van der Waals surface area (Å²) in [6.45, 7) is 1.65. The fourth-order valence-corrected chi connectivity index (χ4v) is 4.58. The van der Waals surface area contributed by atoms with Crippen LogP contribution in [0.4, 0.5) is 5.95 Å². The summed E-state index contributed by atoms with van der Waals surface area (Å²) in [7, 11) is 1.49. The van der Waals surface area contributed by atoms with Crippen molar-refractivity contribution in [3.63, 3.8) is 0 Å². The second-order valence-corrected chi connectivity index (χ2v) is 8.59. The summed E-state index contributed by atoms with van der Waals surface area (Å²) in [5, 5.41) is 12.6. The number of aromatic nitrogens is 8. The lowest BCUT2D eigenvalue weighted by atomic mass is 10.1. The molecule has 1 aliphatic rings. The van der Waals surface area contributed by atoms with Crippen molar-refractivity contribution in [2.45, 2.75) is 0 Å². The van der Waals surface area contributed by atoms with Crippen molar-refractivity contribution in [1.82, 2.24) is 45.0 Å². The van der Waals surface area contributed by atoms with Crippen molar-refractivity contribution >= 4 is 28.5 Å². The van der Waals surface area contributed by atoms with Crippen LogP contribution in [0.25, 0.3) is 27.8 Å². The first-order valence-corrected chi connectivity index (χ1v) is 11.9. The van der Waals surface area contributed by atoms with Gasteiger partial charge in [0.2, 0.25) is 5.95 Å². The Bertz CT molecular complexity index is 1610. The van der Waals surface area contributed by atoms with Gasteiger partial charge in [0.15, 0.2) is 0 Å². The Morgan fingerprint density at radius 2 is 1.76 bits per heavy atom. The Balaban J connectivity index is 1.22. The third kappa shape index (κ3) is 3.99. The lowest BCUT2D eigenvalue weighted by Gasteiger charge is -2.34. The Morgan fingerprint density at radius 3 is 2.50 bits per heavy atom. The number of carbonyl (C=O) groups excluding carboxylic acids is 2. The number of aromatic amines is 1. The Kier molecular flexibility index (Phi) is 5.92. The largest absolute Gasteiger partial charge is 0.494 e. The molecule has 5 heterocycles. The van der Waals surface area contributed by atoms with Crippen LogP contribution in [0.2, 0.25) is 0 Å². The SMILES string of the molecule is COc1cnc(-c2cncnc2)c2[nH]cc(C(=O)C(=O)N3CCN(c4nnnn4-c4ccccc4)CC3)c12. The topological polar surface area (TPSA) is 148 Å². The first-order chi connectivity index (χ1) is 18.7. The van der Waals surface area contributed by atoms with Gasteiger partial charge in [0.05, 0.1) is 41.2 Å². The van der Waals surface area contributed by atoms with E-state index < -0.39 is 11.7 Å². The van der Waals surface area contributed by atoms with Crippen molar-refractivity contribution in [2.75, 3.05) is 38.2 Å². The van der Waals surface area contributed by atoms with Crippen LogP contribution in [0.1, 0.15) is 10.4 Å². The number of nitrogens with one attached hydrogen (secondary N) is 1. The highest BCUT2D eigenvalue weighted by atomic mass is 16.5. The molecular formula is C25H22N10O3. The number of pyridine rings is 1. The third-order valence-corrected chi connectivity index (χ3v) is 6.47. The number of nitrogens with zero attached hydrogens (tertiary/aromatic N) is 9. The van der Waals surface area contributed by atoms with Gasteiger partial charge in [-0.05, 0) is 22.6 Å². The van der Waals surface area contributed by atoms with E-state index in [4.69, 9.17) is 4.74 Å². The average molecular weight is 511 g/mol. The summed E-state index contributed by atoms with van der Waals surface area (Å²) in [6, 6.07) is 9.58. The minimum atomic E-state index is -0.626. The molecule has 0 saturated carbocycles. The van der Waals surface area contributed by atoms with Gasteiger partial charge in [-0.15, -0.1) is 0 Å². The summed E-state index contributed by atoms with van der Waals surface area (Å²) in [4.78, 5) is 45.9. The molecule has 1 aliphatic heterocycles. The van der Waals surface area contributed by atoms with E-state index >= 15 is 0 Å². The fourth-order valence-electron chi connectivity index (χ4n) is 4.58. The van der Waals surface area contributed by atoms with Gasteiger partial charge in [-0.2, -0.15) is 4.68 Å². The summed E-state index contributed by atoms with van der Waals surface area (Å²) >= 11 is 0. The standard InChI is InChI=1S/C25H22N10O3/c1-38-19-14-29-21(16-11-26-15-27-12-16)22-20(19)18(13-28-22)23(36)24(37)33-7-9-34(10-8-33)25-30-31-32-35(25)17-5-3-2-4-6-17/h2-6,11-15,28H,7-10H2,1H3. The van der Waals surface area contributed by atoms with E-state index in [0.29, 0.717) is 60.0 Å². The van der Waals surface area contributed by atoms with Crippen molar-refractivity contribution in [3.8, 4) is 22.7 Å². The number of tetrazole rings is 1. The zero-order valence-corrected chi connectivity index (χ0v) is 20.4. The lowest BCUT2D eigenvalue weighted by Crippen LogP contribution is -2.51. The predicted octanol–water partition coefficient (Wildman–Crippen LogP) is 1.54. The molecule has 0 bridgehead atoms. The first kappa shape index (κ1) is 23.2. The van der Waals surface area contributed by atoms with Crippen molar-refractivity contribution in [2.24, 2.45) is 0 Å². The molecule has 1 saturated heterocycles. The van der Waals surface area contributed by atoms with Gasteiger partial charge in [0, 0.05) is 50.3 Å². The van der Waals surface area contributed by atoms with Crippen LogP contribution < -0.4 is 9.64 Å². The summed E-state index contributed by atoms with van der Waals surface area (Å²) in [6.07, 6.45) is 7.72. The van der Waals surface area contributed by atoms with Gasteiger partial charge in [0.1, 0.15) is 12.1 Å². The van der Waals surface area contributed by atoms with Crippen LogP contribution in [-0.4, -0.2) is 90.0 Å². The molecule has 13 heteroatoms. The number of Topliss-reactive ketones (excluding diaryl/α,β-unsaturated/α-hetero) is 1. The number of fused-ring (bicyclic) bond motifs is 1. The number of H-pyrrole nitrogens is 1. The molecule has 1 N–H and O–H groups in total. The third-order valence-electron chi connectivity index (χ3n) is 6.47. The molecule has 13 nitrogen and oxygen atoms in total. The highest BCUT2D eigenvalue weighted by Gasteiger charge is 2.31. The van der Waals surface area contributed by atoms with E-state index in [1.807, 2.05) is 35.2 Å². The Hall–Kier alpha value is -5.20. The molecular weight excluding hydrogens is 488 g/mol. The van der Waals surface area contributed by atoms with Crippen molar-refractivity contribution in [1.29, 1.82) is 0 Å². The number of rotatable bonds is 6. The van der Waals surface area contributed by atoms with Crippen LogP contribution in [0.5, 0.6) is 5.75 Å². The number of carbonyl (C=O) groups is 2. The van der Waals surface area contributed by atoms with Gasteiger partial charge < -0.3 is 19.5 Å². The minimum absolute atomic E-state index is 0.220. The Labute approximate surface area is 216 Å². The quantitative estimate of drug-likeness (QED) is 0.263. The van der Waals surface area contributed by atoms with Crippen LogP contribution in [-0.2, 0) is 4.79 Å². The van der Waals surface area contributed by atoms with Crippen molar-refractivity contribution < 1.29 is 14.3 Å². The summed E-state index contributed by atoms with van der Waals surface area (Å²) in [5.41, 5.74) is 2.84. The number of methoxy groups -OCH3 is 1. The van der Waals surface area contributed by atoms with Gasteiger partial charge >= 0.3 is 0 Å². The number of hydrogen-bond donors (Lipinski definition) is 1. The second-order valence-electron chi connectivity index (χ2n) is 8.59. The van der Waals surface area contributed by atoms with E-state index in [-0.39, 0.29) is 5.56 Å². The number of amides is 1. The molecule has 1 aromatic carbocycles. The summed E-state index contributed by atoms with van der Waals surface area (Å²) < 4.78 is 7.13. The molecule has 4 aromatic heterocycles. The maximum atomic E-state index is 13.4. The Morgan fingerprint density at radius 1 is 1.00 bits per heavy atom. The first-order valence-electron chi connectivity index (χ1n) is 11.9. The number of anilines is 1. The zero-order chi connectivity index (χ0) is 26.1. The highest BCUT2D eigenvalue weighted by Crippen LogP contribution is 2.34. The van der Waals surface area contributed by atoms with Gasteiger partial charge in [0.25, 0.3) is 11.7 Å². The minimum Gasteiger partial charge on any atom is -0.494 e. The zero-order valence-electron chi connectivity index (χ0n) is 20.4. The molecule has 0 unspecified atom stereocenters. The maximum absolute atomic E-state index is 13.4. The van der Waals surface area contributed by atoms with Gasteiger partial charge in [-0.3, -0.25) is 14.6 Å². The van der Waals surface area contributed by atoms with Crippen molar-refractivity contribution in [3.05, 3.63) is 67.0 Å². The molecule has 5 aromatic rings. The molecule has 190 valence electrons. The monoisotopic (exact) mass is 510 g/mol. The average Bonchev–Trinajstić information content (AvgIpc) is 3.65. The molecule has 38 heavy (non-hydrogen) atoms. The van der Waals surface area contributed by atoms with E-state index in [1.165, 1.54) is 25.8 Å². The number of benzene rings is 1. The van der Waals surface area contributed by atoms with E-state index in [9.17, 15) is 9.59 Å². The number of ketones is 1. The normalized spacial score (nSPS) is 13.6. The maximum Gasteiger partial charge on any atom is 0.295 e. The highest BCUT2D eigenvalue weighted by molar-refractivity contribution is 6.45. The molecule has 1 fully saturated rings. The molecule has 0 aliphatic carbocycles. The molecule has 0 spiro atoms. The van der Waals surface area contributed by atoms with E-state index in [1.54, 1.807) is 22.0 Å². The van der Waals surface area contributed by atoms with Gasteiger partial charge in [-0.1, -0.05) is 23.3 Å².